The molecule has 0 nitrogen and oxygen atoms in total. The number of hydrogen-bond donors (Lipinski definition) is 0. The minimum absolute atomic E-state index is 1.01. The van der Waals surface area contributed by atoms with Crippen molar-refractivity contribution < 1.29 is 0 Å². The average Bonchev–Trinajstić information content (AvgIpc) is 2.42. The summed E-state index contributed by atoms with van der Waals surface area (Å²) in [6.45, 7) is 4.32. The van der Waals surface area contributed by atoms with Gasteiger partial charge in [-0.25, -0.2) is 0 Å². The third-order valence-electron chi connectivity index (χ3n) is 3.11. The second-order valence-electron chi connectivity index (χ2n) is 4.67. The maximum atomic E-state index is 2.33. The summed E-state index contributed by atoms with van der Waals surface area (Å²) in [6.07, 6.45) is 4.42. The third kappa shape index (κ3) is 3.33. The first kappa shape index (κ1) is 12.6. The predicted molar refractivity (Wildman–Crippen MR) is 79.6 cm³/mol. The summed E-state index contributed by atoms with van der Waals surface area (Å²) in [5.74, 6) is 0. The van der Waals surface area contributed by atoms with Crippen molar-refractivity contribution >= 4 is 5.57 Å². The monoisotopic (exact) mass is 236 g/mol. The topological polar surface area (TPSA) is 0 Å². The van der Waals surface area contributed by atoms with Crippen molar-refractivity contribution in [1.82, 2.24) is 0 Å². The molecule has 0 amide bonds. The molecule has 0 fully saturated rings. The van der Waals surface area contributed by atoms with Crippen LogP contribution in [0.3, 0.4) is 0 Å². The minimum Gasteiger partial charge on any atom is -0.0807 e. The van der Waals surface area contributed by atoms with Crippen LogP contribution in [0.15, 0.2) is 60.7 Å². The van der Waals surface area contributed by atoms with E-state index in [0.29, 0.717) is 0 Å². The van der Waals surface area contributed by atoms with E-state index in [1.807, 2.05) is 0 Å². The Balaban J connectivity index is 2.22. The van der Waals surface area contributed by atoms with Crippen LogP contribution < -0.4 is 0 Å². The molecule has 0 heteroatoms. The van der Waals surface area contributed by atoms with Crippen LogP contribution in [0.5, 0.6) is 0 Å². The van der Waals surface area contributed by atoms with E-state index < -0.39 is 0 Å². The fourth-order valence-corrected chi connectivity index (χ4v) is 2.12. The van der Waals surface area contributed by atoms with Gasteiger partial charge in [0.05, 0.1) is 0 Å². The molecular weight excluding hydrogens is 216 g/mol. The molecule has 0 bridgehead atoms. The molecule has 0 N–H and O–H groups in total. The Morgan fingerprint density at radius 1 is 0.944 bits per heavy atom. The lowest BCUT2D eigenvalue weighted by molar-refractivity contribution is 1.19. The zero-order valence-electron chi connectivity index (χ0n) is 11.2. The van der Waals surface area contributed by atoms with E-state index in [4.69, 9.17) is 0 Å². The highest BCUT2D eigenvalue weighted by atomic mass is 14.1. The van der Waals surface area contributed by atoms with Crippen molar-refractivity contribution in [3.05, 3.63) is 77.4 Å². The minimum atomic E-state index is 1.01. The molecule has 0 radical (unpaired) electrons. The van der Waals surface area contributed by atoms with Crippen LogP contribution in [-0.2, 0) is 6.42 Å². The molecule has 0 saturated heterocycles. The normalized spacial score (nSPS) is 11.6. The Morgan fingerprint density at radius 2 is 1.61 bits per heavy atom. The highest BCUT2D eigenvalue weighted by Crippen LogP contribution is 2.20. The summed E-state index contributed by atoms with van der Waals surface area (Å²) >= 11 is 0. The lowest BCUT2D eigenvalue weighted by Gasteiger charge is -2.08. The van der Waals surface area contributed by atoms with Gasteiger partial charge in [0.1, 0.15) is 0 Å². The zero-order valence-corrected chi connectivity index (χ0v) is 11.2. The predicted octanol–water partition coefficient (Wildman–Crippen LogP) is 5.03. The summed E-state index contributed by atoms with van der Waals surface area (Å²) in [6, 6.07) is 19.5. The molecule has 0 saturated carbocycles. The molecule has 0 aliphatic rings. The number of allylic oxidation sites excluding steroid dienone is 2. The largest absolute Gasteiger partial charge is 0.0807 e. The van der Waals surface area contributed by atoms with Crippen LogP contribution in [0.2, 0.25) is 0 Å². The molecule has 0 heterocycles. The van der Waals surface area contributed by atoms with Gasteiger partial charge in [0, 0.05) is 0 Å². The molecule has 0 aliphatic heterocycles. The zero-order chi connectivity index (χ0) is 12.8. The summed E-state index contributed by atoms with van der Waals surface area (Å²) in [7, 11) is 0. The van der Waals surface area contributed by atoms with Crippen LogP contribution in [0, 0.1) is 6.92 Å². The van der Waals surface area contributed by atoms with Gasteiger partial charge in [0.2, 0.25) is 0 Å². The fourth-order valence-electron chi connectivity index (χ4n) is 2.12. The Labute approximate surface area is 110 Å². The van der Waals surface area contributed by atoms with Crippen LogP contribution in [-0.4, -0.2) is 0 Å². The summed E-state index contributed by atoms with van der Waals surface area (Å²) in [5, 5.41) is 0. The quantitative estimate of drug-likeness (QED) is 0.698. The molecule has 0 atom stereocenters. The molecule has 0 aromatic heterocycles. The Morgan fingerprint density at radius 3 is 2.22 bits per heavy atom. The maximum absolute atomic E-state index is 2.33. The van der Waals surface area contributed by atoms with Gasteiger partial charge >= 0.3 is 0 Å². The molecule has 92 valence electrons. The molecular formula is C18H20. The maximum Gasteiger partial charge on any atom is -0.00230 e. The molecule has 0 aliphatic carbocycles. The number of rotatable bonds is 4. The Hall–Kier alpha value is -1.82. The molecule has 0 spiro atoms. The molecule has 2 rings (SSSR count). The van der Waals surface area contributed by atoms with Gasteiger partial charge < -0.3 is 0 Å². The highest BCUT2D eigenvalue weighted by Gasteiger charge is 2.02. The fraction of sp³-hybridized carbons (Fsp3) is 0.222. The van der Waals surface area contributed by atoms with Crippen molar-refractivity contribution in [3.63, 3.8) is 0 Å². The smallest absolute Gasteiger partial charge is 0.00230 e. The highest BCUT2D eigenvalue weighted by molar-refractivity contribution is 5.67. The van der Waals surface area contributed by atoms with Crippen molar-refractivity contribution in [2.24, 2.45) is 0 Å². The average molecular weight is 236 g/mol. The van der Waals surface area contributed by atoms with Gasteiger partial charge in [-0.1, -0.05) is 73.2 Å². The first-order valence-corrected chi connectivity index (χ1v) is 6.59. The van der Waals surface area contributed by atoms with Crippen LogP contribution in [0.1, 0.15) is 30.0 Å². The number of hydrogen-bond acceptors (Lipinski definition) is 0. The molecule has 2 aromatic rings. The van der Waals surface area contributed by atoms with Crippen LogP contribution in [0.4, 0.5) is 0 Å². The Bertz CT molecular complexity index is 503. The standard InChI is InChI=1S/C18H20/c1-3-7-18(17-8-5-4-6-9-17)14-16-12-10-15(2)11-13-16/h4-13H,3,14H2,1-2H3/b18-7-. The van der Waals surface area contributed by atoms with E-state index in [-0.39, 0.29) is 0 Å². The van der Waals surface area contributed by atoms with Gasteiger partial charge in [-0.3, -0.25) is 0 Å². The molecule has 0 unspecified atom stereocenters. The lowest BCUT2D eigenvalue weighted by Crippen LogP contribution is -1.91. The lowest BCUT2D eigenvalue weighted by atomic mass is 9.97. The van der Waals surface area contributed by atoms with Gasteiger partial charge in [-0.05, 0) is 36.5 Å². The molecule has 18 heavy (non-hydrogen) atoms. The van der Waals surface area contributed by atoms with E-state index >= 15 is 0 Å². The van der Waals surface area contributed by atoms with Crippen molar-refractivity contribution in [2.75, 3.05) is 0 Å². The van der Waals surface area contributed by atoms with Gasteiger partial charge in [-0.2, -0.15) is 0 Å². The van der Waals surface area contributed by atoms with Gasteiger partial charge in [0.25, 0.3) is 0 Å². The second-order valence-corrected chi connectivity index (χ2v) is 4.67. The summed E-state index contributed by atoms with van der Waals surface area (Å²) < 4.78 is 0. The summed E-state index contributed by atoms with van der Waals surface area (Å²) in [4.78, 5) is 0. The van der Waals surface area contributed by atoms with Crippen LogP contribution in [0.25, 0.3) is 5.57 Å². The first-order valence-electron chi connectivity index (χ1n) is 6.59. The van der Waals surface area contributed by atoms with Crippen molar-refractivity contribution in [1.29, 1.82) is 0 Å². The van der Waals surface area contributed by atoms with E-state index in [1.165, 1.54) is 22.3 Å². The number of aryl methyl sites for hydroxylation is 1. The van der Waals surface area contributed by atoms with E-state index in [1.54, 1.807) is 0 Å². The van der Waals surface area contributed by atoms with E-state index in [2.05, 4.69) is 74.5 Å². The van der Waals surface area contributed by atoms with Crippen LogP contribution >= 0.6 is 0 Å². The second kappa shape index (κ2) is 6.20. The Kier molecular flexibility index (Phi) is 4.35. The van der Waals surface area contributed by atoms with Gasteiger partial charge in [0.15, 0.2) is 0 Å². The van der Waals surface area contributed by atoms with E-state index in [0.717, 1.165) is 12.8 Å². The third-order valence-corrected chi connectivity index (χ3v) is 3.11. The van der Waals surface area contributed by atoms with Gasteiger partial charge in [-0.15, -0.1) is 0 Å². The van der Waals surface area contributed by atoms with Crippen molar-refractivity contribution in [2.45, 2.75) is 26.7 Å². The van der Waals surface area contributed by atoms with E-state index in [9.17, 15) is 0 Å². The SMILES string of the molecule is CC/C=C(/Cc1ccc(C)cc1)c1ccccc1. The summed E-state index contributed by atoms with van der Waals surface area (Å²) in [5.41, 5.74) is 5.45. The molecule has 2 aromatic carbocycles. The first-order chi connectivity index (χ1) is 8.79. The number of benzene rings is 2. The van der Waals surface area contributed by atoms with Crippen molar-refractivity contribution in [3.8, 4) is 0 Å².